The van der Waals surface area contributed by atoms with Gasteiger partial charge in [-0.3, -0.25) is 19.7 Å². The molecule has 1 N–H and O–H groups in total. The zero-order valence-electron chi connectivity index (χ0n) is 15.9. The summed E-state index contributed by atoms with van der Waals surface area (Å²) in [6.45, 7) is 3.40. The van der Waals surface area contributed by atoms with Gasteiger partial charge < -0.3 is 14.5 Å². The van der Waals surface area contributed by atoms with Crippen LogP contribution in [0, 0.1) is 10.1 Å². The zero-order chi connectivity index (χ0) is 21.4. The molecule has 0 unspecified atom stereocenters. The Hall–Kier alpha value is -3.75. The molecule has 1 aromatic carbocycles. The van der Waals surface area contributed by atoms with Gasteiger partial charge >= 0.3 is 11.9 Å². The summed E-state index contributed by atoms with van der Waals surface area (Å²) in [6, 6.07) is 9.31. The number of nitrogens with one attached hydrogen (secondary N) is 1. The lowest BCUT2D eigenvalue weighted by Gasteiger charge is -2.11. The van der Waals surface area contributed by atoms with E-state index in [9.17, 15) is 24.5 Å². The topological polar surface area (TPSA) is 129 Å². The Morgan fingerprint density at radius 2 is 1.90 bits per heavy atom. The van der Waals surface area contributed by atoms with Gasteiger partial charge in [-0.05, 0) is 31.1 Å². The Kier molecular flexibility index (Phi) is 7.41. The number of amides is 1. The second kappa shape index (κ2) is 9.98. The van der Waals surface area contributed by atoms with Crippen molar-refractivity contribution in [1.82, 2.24) is 5.32 Å². The minimum Gasteiger partial charge on any atom is -0.451 e. The summed E-state index contributed by atoms with van der Waals surface area (Å²) in [5.74, 6) is -1.58. The number of nitrogens with zero attached hydrogens (tertiary/aromatic N) is 1. The normalized spacial score (nSPS) is 11.8. The van der Waals surface area contributed by atoms with Crippen LogP contribution in [-0.2, 0) is 20.7 Å². The molecule has 0 bridgehead atoms. The lowest BCUT2D eigenvalue weighted by Crippen LogP contribution is -2.24. The van der Waals surface area contributed by atoms with Crippen molar-refractivity contribution in [2.24, 2.45) is 0 Å². The van der Waals surface area contributed by atoms with Gasteiger partial charge in [0.1, 0.15) is 10.7 Å². The molecule has 0 fully saturated rings. The maximum absolute atomic E-state index is 12.4. The van der Waals surface area contributed by atoms with E-state index in [1.165, 1.54) is 26.0 Å². The number of carbonyl (C=O) groups is 3. The molecule has 9 nitrogen and oxygen atoms in total. The second-order valence-corrected chi connectivity index (χ2v) is 6.14. The van der Waals surface area contributed by atoms with Crippen molar-refractivity contribution in [3.05, 3.63) is 69.5 Å². The monoisotopic (exact) mass is 400 g/mol. The number of ketones is 1. The summed E-state index contributed by atoms with van der Waals surface area (Å²) in [4.78, 5) is 45.0. The third-order valence-electron chi connectivity index (χ3n) is 3.86. The Morgan fingerprint density at radius 1 is 1.21 bits per heavy atom. The van der Waals surface area contributed by atoms with Crippen molar-refractivity contribution in [2.45, 2.75) is 26.4 Å². The molecule has 0 aliphatic rings. The summed E-state index contributed by atoms with van der Waals surface area (Å²) in [7, 11) is 0. The largest absolute Gasteiger partial charge is 0.451 e. The van der Waals surface area contributed by atoms with Crippen molar-refractivity contribution >= 4 is 29.6 Å². The van der Waals surface area contributed by atoms with Crippen molar-refractivity contribution in [3.63, 3.8) is 0 Å². The molecular formula is C20H20N2O7. The summed E-state index contributed by atoms with van der Waals surface area (Å²) < 4.78 is 9.95. The van der Waals surface area contributed by atoms with E-state index in [0.717, 1.165) is 17.7 Å². The fourth-order valence-electron chi connectivity index (χ4n) is 2.40. The van der Waals surface area contributed by atoms with E-state index in [-0.39, 0.29) is 17.5 Å². The van der Waals surface area contributed by atoms with Crippen LogP contribution in [0.4, 0.5) is 5.88 Å². The number of carbonyl (C=O) groups excluding carboxylic acids is 3. The molecule has 0 aliphatic carbocycles. The Bertz CT molecular complexity index is 929. The first-order chi connectivity index (χ1) is 13.8. The molecule has 29 heavy (non-hydrogen) atoms. The van der Waals surface area contributed by atoms with Crippen molar-refractivity contribution in [1.29, 1.82) is 0 Å². The first-order valence-corrected chi connectivity index (χ1v) is 8.77. The minimum atomic E-state index is -1.01. The van der Waals surface area contributed by atoms with Crippen LogP contribution < -0.4 is 5.32 Å². The predicted molar refractivity (Wildman–Crippen MR) is 103 cm³/mol. The Labute approximate surface area is 166 Å². The van der Waals surface area contributed by atoms with Crippen LogP contribution in [0.2, 0.25) is 0 Å². The third kappa shape index (κ3) is 6.73. The van der Waals surface area contributed by atoms with Crippen LogP contribution in [-0.4, -0.2) is 35.2 Å². The predicted octanol–water partition coefficient (Wildman–Crippen LogP) is 2.69. The first kappa shape index (κ1) is 21.5. The summed E-state index contributed by atoms with van der Waals surface area (Å²) in [6.07, 6.45) is 1.87. The summed E-state index contributed by atoms with van der Waals surface area (Å²) in [5, 5.41) is 13.2. The molecule has 2 rings (SSSR count). The van der Waals surface area contributed by atoms with E-state index in [0.29, 0.717) is 18.5 Å². The van der Waals surface area contributed by atoms with E-state index in [1.54, 1.807) is 24.3 Å². The molecule has 1 amide bonds. The highest BCUT2D eigenvalue weighted by Gasteiger charge is 2.18. The highest BCUT2D eigenvalue weighted by molar-refractivity contribution is 6.01. The zero-order valence-corrected chi connectivity index (χ0v) is 15.9. The van der Waals surface area contributed by atoms with Gasteiger partial charge in [0.25, 0.3) is 0 Å². The average molecular weight is 400 g/mol. The number of benzene rings is 1. The molecule has 9 heteroatoms. The first-order valence-electron chi connectivity index (χ1n) is 8.77. The van der Waals surface area contributed by atoms with Crippen LogP contribution in [0.3, 0.4) is 0 Å². The molecule has 1 aromatic heterocycles. The van der Waals surface area contributed by atoms with E-state index >= 15 is 0 Å². The van der Waals surface area contributed by atoms with Crippen LogP contribution >= 0.6 is 0 Å². The number of furan rings is 1. The number of rotatable bonds is 9. The molecule has 1 atom stereocenters. The number of esters is 1. The fourth-order valence-corrected chi connectivity index (χ4v) is 2.40. The Balaban J connectivity index is 1.88. The average Bonchev–Trinajstić information content (AvgIpc) is 3.15. The molecule has 152 valence electrons. The van der Waals surface area contributed by atoms with Crippen LogP contribution in [0.25, 0.3) is 6.08 Å². The van der Waals surface area contributed by atoms with Gasteiger partial charge in [-0.2, -0.15) is 0 Å². The van der Waals surface area contributed by atoms with Gasteiger partial charge in [-0.25, -0.2) is 4.79 Å². The highest BCUT2D eigenvalue weighted by atomic mass is 16.6. The number of ether oxygens (including phenoxy) is 1. The van der Waals surface area contributed by atoms with E-state index in [1.807, 2.05) is 0 Å². The van der Waals surface area contributed by atoms with Gasteiger partial charge in [-0.15, -0.1) is 0 Å². The van der Waals surface area contributed by atoms with E-state index < -0.39 is 22.9 Å². The smallest absolute Gasteiger partial charge is 0.433 e. The molecule has 0 saturated heterocycles. The number of nitro groups is 1. The van der Waals surface area contributed by atoms with Crippen molar-refractivity contribution in [3.8, 4) is 0 Å². The van der Waals surface area contributed by atoms with Gasteiger partial charge in [0.05, 0.1) is 6.07 Å². The summed E-state index contributed by atoms with van der Waals surface area (Å²) >= 11 is 0. The lowest BCUT2D eigenvalue weighted by molar-refractivity contribution is -0.402. The maximum Gasteiger partial charge on any atom is 0.433 e. The Morgan fingerprint density at radius 3 is 2.48 bits per heavy atom. The molecule has 0 spiro atoms. The third-order valence-corrected chi connectivity index (χ3v) is 3.86. The lowest BCUT2D eigenvalue weighted by atomic mass is 10.0. The molecule has 0 aliphatic heterocycles. The standard InChI is InChI=1S/C20H20N2O7/c1-13(28-19(24)10-8-17-7-9-18(29-17)22(26)27)20(25)16-5-3-15(4-6-16)11-12-21-14(2)23/h3-10,13H,11-12H2,1-2H3,(H,21,23)/b10-8+/t13-/m1/s1. The molecule has 1 heterocycles. The highest BCUT2D eigenvalue weighted by Crippen LogP contribution is 2.17. The van der Waals surface area contributed by atoms with Gasteiger partial charge in [0, 0.05) is 25.1 Å². The van der Waals surface area contributed by atoms with Crippen LogP contribution in [0.1, 0.15) is 35.5 Å². The second-order valence-electron chi connectivity index (χ2n) is 6.14. The maximum atomic E-state index is 12.4. The number of hydrogen-bond donors (Lipinski definition) is 1. The molecule has 2 aromatic rings. The van der Waals surface area contributed by atoms with Gasteiger partial charge in [0.2, 0.25) is 11.7 Å². The van der Waals surface area contributed by atoms with E-state index in [2.05, 4.69) is 5.32 Å². The van der Waals surface area contributed by atoms with Crippen LogP contribution in [0.5, 0.6) is 0 Å². The van der Waals surface area contributed by atoms with Gasteiger partial charge in [-0.1, -0.05) is 24.3 Å². The quantitative estimate of drug-likeness (QED) is 0.225. The SMILES string of the molecule is CC(=O)NCCc1ccc(C(=O)[C@@H](C)OC(=O)/C=C/c2ccc([N+](=O)[O-])o2)cc1. The van der Waals surface area contributed by atoms with Crippen molar-refractivity contribution < 1.29 is 28.5 Å². The molecular weight excluding hydrogens is 380 g/mol. The molecule has 0 saturated carbocycles. The summed E-state index contributed by atoms with van der Waals surface area (Å²) in [5.41, 5.74) is 1.34. The molecule has 0 radical (unpaired) electrons. The van der Waals surface area contributed by atoms with E-state index in [4.69, 9.17) is 9.15 Å². The fraction of sp³-hybridized carbons (Fsp3) is 0.250. The minimum absolute atomic E-state index is 0.105. The van der Waals surface area contributed by atoms with Crippen molar-refractivity contribution in [2.75, 3.05) is 6.54 Å². The number of hydrogen-bond acceptors (Lipinski definition) is 7. The van der Waals surface area contributed by atoms with Crippen LogP contribution in [0.15, 0.2) is 46.9 Å². The van der Waals surface area contributed by atoms with Gasteiger partial charge in [0.15, 0.2) is 6.10 Å². The number of Topliss-reactive ketones (excluding diaryl/α,β-unsaturated/α-hetero) is 1.